The zero-order chi connectivity index (χ0) is 23.3. The van der Waals surface area contributed by atoms with E-state index in [9.17, 15) is 14.4 Å². The fourth-order valence-corrected chi connectivity index (χ4v) is 5.20. The maximum atomic E-state index is 13.3. The Bertz CT molecular complexity index is 1260. The van der Waals surface area contributed by atoms with E-state index in [4.69, 9.17) is 8.83 Å². The molecule has 33 heavy (non-hydrogen) atoms. The molecule has 3 aromatic rings. The summed E-state index contributed by atoms with van der Waals surface area (Å²) in [6, 6.07) is 8.16. The van der Waals surface area contributed by atoms with Crippen molar-refractivity contribution >= 4 is 34.9 Å². The van der Waals surface area contributed by atoms with E-state index < -0.39 is 29.9 Å². The summed E-state index contributed by atoms with van der Waals surface area (Å²) in [7, 11) is 0. The van der Waals surface area contributed by atoms with Gasteiger partial charge in [-0.05, 0) is 50.4 Å². The van der Waals surface area contributed by atoms with Gasteiger partial charge in [0.2, 0.25) is 0 Å². The second-order valence-corrected chi connectivity index (χ2v) is 9.25. The molecule has 2 unspecified atom stereocenters. The summed E-state index contributed by atoms with van der Waals surface area (Å²) >= 11 is 1.52. The summed E-state index contributed by atoms with van der Waals surface area (Å²) < 4.78 is 11.0. The van der Waals surface area contributed by atoms with Gasteiger partial charge in [-0.3, -0.25) is 14.5 Å². The molecule has 5 rings (SSSR count). The zero-order valence-electron chi connectivity index (χ0n) is 18.3. The van der Waals surface area contributed by atoms with Gasteiger partial charge >= 0.3 is 6.03 Å². The van der Waals surface area contributed by atoms with Gasteiger partial charge in [-0.2, -0.15) is 5.10 Å². The van der Waals surface area contributed by atoms with E-state index in [1.165, 1.54) is 16.3 Å². The van der Waals surface area contributed by atoms with Crippen molar-refractivity contribution in [2.45, 2.75) is 38.8 Å². The van der Waals surface area contributed by atoms with Crippen LogP contribution in [0.2, 0.25) is 0 Å². The molecule has 1 saturated heterocycles. The van der Waals surface area contributed by atoms with E-state index in [2.05, 4.69) is 10.4 Å². The second-order valence-electron chi connectivity index (χ2n) is 8.27. The van der Waals surface area contributed by atoms with E-state index in [0.29, 0.717) is 35.0 Å². The van der Waals surface area contributed by atoms with Crippen molar-refractivity contribution < 1.29 is 23.2 Å². The van der Waals surface area contributed by atoms with E-state index in [-0.39, 0.29) is 6.04 Å². The Balaban J connectivity index is 1.41. The molecular formula is C23H22N4O5S. The molecule has 2 atom stereocenters. The molecule has 1 fully saturated rings. The van der Waals surface area contributed by atoms with Crippen LogP contribution in [0.15, 0.2) is 55.9 Å². The number of thiophene rings is 1. The van der Waals surface area contributed by atoms with Crippen LogP contribution in [0.25, 0.3) is 0 Å². The highest BCUT2D eigenvalue weighted by atomic mass is 32.1. The molecule has 170 valence electrons. The molecule has 10 heteroatoms. The van der Waals surface area contributed by atoms with Gasteiger partial charge in [0.1, 0.15) is 35.1 Å². The van der Waals surface area contributed by atoms with Crippen LogP contribution in [-0.2, 0) is 15.1 Å². The number of amides is 4. The fraction of sp³-hybridized carbons (Fsp3) is 0.304. The van der Waals surface area contributed by atoms with Crippen LogP contribution >= 0.6 is 11.3 Å². The Hall–Kier alpha value is -3.66. The number of aryl methyl sites for hydroxylation is 2. The summed E-state index contributed by atoms with van der Waals surface area (Å²) in [4.78, 5) is 41.3. The van der Waals surface area contributed by atoms with Crippen molar-refractivity contribution in [3.05, 3.63) is 69.7 Å². The third-order valence-electron chi connectivity index (χ3n) is 5.99. The standard InChI is InChI=1S/C23H22N4O5S/c1-13-10-15(14(2)32-13)23(3)21(29)26(22(30)24-23)12-20(28)27-17(19-7-5-9-33-19)11-16(25-27)18-6-4-8-31-18/h4-10,17H,11-12H2,1-3H3,(H,24,30). The van der Waals surface area contributed by atoms with E-state index >= 15 is 0 Å². The zero-order valence-corrected chi connectivity index (χ0v) is 19.1. The van der Waals surface area contributed by atoms with Crippen LogP contribution in [0.5, 0.6) is 0 Å². The monoisotopic (exact) mass is 466 g/mol. The lowest BCUT2D eigenvalue weighted by atomic mass is 9.92. The van der Waals surface area contributed by atoms with Gasteiger partial charge in [0.25, 0.3) is 11.8 Å². The quantitative estimate of drug-likeness (QED) is 0.577. The van der Waals surface area contributed by atoms with Gasteiger partial charge in [-0.1, -0.05) is 6.07 Å². The lowest BCUT2D eigenvalue weighted by Crippen LogP contribution is -2.43. The number of hydrogen-bond acceptors (Lipinski definition) is 7. The highest BCUT2D eigenvalue weighted by molar-refractivity contribution is 7.10. The average Bonchev–Trinajstić information content (AvgIpc) is 3.57. The molecule has 5 heterocycles. The van der Waals surface area contributed by atoms with Crippen LogP contribution < -0.4 is 5.32 Å². The third-order valence-corrected chi connectivity index (χ3v) is 6.96. The maximum Gasteiger partial charge on any atom is 0.325 e. The van der Waals surface area contributed by atoms with E-state index in [1.54, 1.807) is 45.2 Å². The minimum Gasteiger partial charge on any atom is -0.466 e. The third kappa shape index (κ3) is 3.46. The predicted octanol–water partition coefficient (Wildman–Crippen LogP) is 3.70. The molecule has 9 nitrogen and oxygen atoms in total. The molecule has 1 N–H and O–H groups in total. The van der Waals surface area contributed by atoms with E-state index in [0.717, 1.165) is 9.78 Å². The summed E-state index contributed by atoms with van der Waals surface area (Å²) in [6.45, 7) is 4.70. The van der Waals surface area contributed by atoms with Crippen LogP contribution in [0.1, 0.15) is 47.1 Å². The Morgan fingerprint density at radius 2 is 2.12 bits per heavy atom. The number of nitrogens with one attached hydrogen (secondary N) is 1. The van der Waals surface area contributed by atoms with E-state index in [1.807, 2.05) is 17.5 Å². The van der Waals surface area contributed by atoms with Crippen molar-refractivity contribution in [1.82, 2.24) is 15.2 Å². The van der Waals surface area contributed by atoms with Gasteiger partial charge in [-0.15, -0.1) is 11.3 Å². The minimum absolute atomic E-state index is 0.330. The highest BCUT2D eigenvalue weighted by Gasteiger charge is 2.51. The fourth-order valence-electron chi connectivity index (χ4n) is 4.39. The first-order chi connectivity index (χ1) is 15.8. The number of hydrogen-bond donors (Lipinski definition) is 1. The lowest BCUT2D eigenvalue weighted by Gasteiger charge is -2.24. The molecule has 0 saturated carbocycles. The Morgan fingerprint density at radius 3 is 2.76 bits per heavy atom. The van der Waals surface area contributed by atoms with Crippen LogP contribution in [-0.4, -0.2) is 40.0 Å². The molecular weight excluding hydrogens is 444 g/mol. The molecule has 2 aliphatic heterocycles. The van der Waals surface area contributed by atoms with Crippen molar-refractivity contribution in [3.8, 4) is 0 Å². The summed E-state index contributed by atoms with van der Waals surface area (Å²) in [5.41, 5.74) is -0.0951. The largest absolute Gasteiger partial charge is 0.466 e. The normalized spacial score (nSPS) is 22.8. The number of carbonyl (C=O) groups excluding carboxylic acids is 3. The van der Waals surface area contributed by atoms with Gasteiger partial charge in [0.15, 0.2) is 0 Å². The average molecular weight is 467 g/mol. The number of rotatable bonds is 5. The van der Waals surface area contributed by atoms with Crippen molar-refractivity contribution in [1.29, 1.82) is 0 Å². The minimum atomic E-state index is -1.31. The van der Waals surface area contributed by atoms with Gasteiger partial charge in [-0.25, -0.2) is 9.80 Å². The van der Waals surface area contributed by atoms with Crippen molar-refractivity contribution in [2.24, 2.45) is 5.10 Å². The number of furan rings is 2. The van der Waals surface area contributed by atoms with Gasteiger partial charge in [0, 0.05) is 16.9 Å². The van der Waals surface area contributed by atoms with Crippen LogP contribution in [0, 0.1) is 13.8 Å². The Morgan fingerprint density at radius 1 is 1.30 bits per heavy atom. The number of urea groups is 1. The molecule has 0 radical (unpaired) electrons. The summed E-state index contributed by atoms with van der Waals surface area (Å²) in [5, 5.41) is 10.5. The molecule has 0 spiro atoms. The molecule has 0 aliphatic carbocycles. The molecule has 4 amide bonds. The topological polar surface area (TPSA) is 108 Å². The number of nitrogens with zero attached hydrogens (tertiary/aromatic N) is 3. The maximum absolute atomic E-state index is 13.3. The number of carbonyl (C=O) groups is 3. The first-order valence-electron chi connectivity index (χ1n) is 10.5. The van der Waals surface area contributed by atoms with Gasteiger partial charge < -0.3 is 14.2 Å². The second kappa shape index (κ2) is 7.73. The highest BCUT2D eigenvalue weighted by Crippen LogP contribution is 2.36. The van der Waals surface area contributed by atoms with Crippen LogP contribution in [0.3, 0.4) is 0 Å². The Kier molecular flexibility index (Phi) is 4.97. The molecule has 2 aliphatic rings. The first kappa shape index (κ1) is 21.2. The van der Waals surface area contributed by atoms with Crippen molar-refractivity contribution in [2.75, 3.05) is 6.54 Å². The van der Waals surface area contributed by atoms with Gasteiger partial charge in [0.05, 0.1) is 12.3 Å². The van der Waals surface area contributed by atoms with Crippen LogP contribution in [0.4, 0.5) is 4.79 Å². The first-order valence-corrected chi connectivity index (χ1v) is 11.3. The SMILES string of the molecule is Cc1cc(C2(C)NC(=O)N(CC(=O)N3N=C(c4ccco4)CC3c3cccs3)C2=O)c(C)o1. The molecule has 0 aromatic carbocycles. The smallest absolute Gasteiger partial charge is 0.325 e. The predicted molar refractivity (Wildman–Crippen MR) is 120 cm³/mol. The number of hydrazone groups is 1. The lowest BCUT2D eigenvalue weighted by molar-refractivity contribution is -0.139. The summed E-state index contributed by atoms with van der Waals surface area (Å²) in [5.74, 6) is 0.799. The number of imide groups is 1. The Labute approximate surface area is 193 Å². The molecule has 3 aromatic heterocycles. The summed E-state index contributed by atoms with van der Waals surface area (Å²) in [6.07, 6.45) is 2.03. The molecule has 0 bridgehead atoms. The van der Waals surface area contributed by atoms with Crippen molar-refractivity contribution in [3.63, 3.8) is 0 Å².